The monoisotopic (exact) mass is 266 g/mol. The average Bonchev–Trinajstić information content (AvgIpc) is 2.60. The summed E-state index contributed by atoms with van der Waals surface area (Å²) < 4.78 is 17.3. The molecule has 0 bridgehead atoms. The second-order valence-corrected chi connectivity index (χ2v) is 5.58. The van der Waals surface area contributed by atoms with E-state index in [0.717, 1.165) is 5.56 Å². The molecule has 0 radical (unpaired) electrons. The average molecular weight is 266 g/mol. The predicted molar refractivity (Wildman–Crippen MR) is 71.6 cm³/mol. The molecule has 1 N–H and O–H groups in total. The van der Waals surface area contributed by atoms with E-state index in [2.05, 4.69) is 0 Å². The molecule has 1 aliphatic rings. The first-order valence-corrected chi connectivity index (χ1v) is 6.56. The van der Waals surface area contributed by atoms with Crippen molar-refractivity contribution < 1.29 is 19.3 Å². The lowest BCUT2D eigenvalue weighted by Gasteiger charge is -2.27. The zero-order valence-electron chi connectivity index (χ0n) is 11.8. The van der Waals surface area contributed by atoms with Gasteiger partial charge < -0.3 is 19.3 Å². The summed E-state index contributed by atoms with van der Waals surface area (Å²) in [7, 11) is 0. The van der Waals surface area contributed by atoms with E-state index in [4.69, 9.17) is 14.2 Å². The molecule has 1 aromatic rings. The molecule has 1 heterocycles. The van der Waals surface area contributed by atoms with Gasteiger partial charge in [-0.2, -0.15) is 0 Å². The van der Waals surface area contributed by atoms with Gasteiger partial charge >= 0.3 is 0 Å². The highest BCUT2D eigenvalue weighted by atomic mass is 16.8. The Morgan fingerprint density at radius 2 is 1.89 bits per heavy atom. The quantitative estimate of drug-likeness (QED) is 0.886. The van der Waals surface area contributed by atoms with Crippen LogP contribution < -0.4 is 0 Å². The van der Waals surface area contributed by atoms with Gasteiger partial charge in [-0.1, -0.05) is 30.3 Å². The number of aliphatic hydroxyl groups is 1. The van der Waals surface area contributed by atoms with Crippen LogP contribution in [0.25, 0.3) is 0 Å². The second kappa shape index (κ2) is 5.59. The standard InChI is InChI=1S/C15H22O4/c1-14(2)18-13(9-16)15(3,19-14)11-17-10-12-7-5-4-6-8-12/h4-8,13,16H,9-11H2,1-3H3/t13-,15+/m1/s1. The Labute approximate surface area is 114 Å². The Bertz CT molecular complexity index is 404. The summed E-state index contributed by atoms with van der Waals surface area (Å²) in [6, 6.07) is 9.97. The second-order valence-electron chi connectivity index (χ2n) is 5.58. The van der Waals surface area contributed by atoms with E-state index in [-0.39, 0.29) is 12.7 Å². The van der Waals surface area contributed by atoms with Crippen LogP contribution in [0.5, 0.6) is 0 Å². The van der Waals surface area contributed by atoms with Gasteiger partial charge in [0.15, 0.2) is 5.79 Å². The first kappa shape index (κ1) is 14.5. The maximum atomic E-state index is 9.39. The maximum absolute atomic E-state index is 9.39. The Morgan fingerprint density at radius 1 is 1.21 bits per heavy atom. The summed E-state index contributed by atoms with van der Waals surface area (Å²) in [5.74, 6) is -0.682. The van der Waals surface area contributed by atoms with E-state index in [1.807, 2.05) is 51.1 Å². The molecule has 2 rings (SSSR count). The van der Waals surface area contributed by atoms with E-state index < -0.39 is 11.4 Å². The molecule has 0 aliphatic carbocycles. The van der Waals surface area contributed by atoms with Gasteiger partial charge in [0.25, 0.3) is 0 Å². The minimum atomic E-state index is -0.682. The van der Waals surface area contributed by atoms with Crippen LogP contribution >= 0.6 is 0 Å². The van der Waals surface area contributed by atoms with E-state index in [1.165, 1.54) is 0 Å². The molecular formula is C15H22O4. The maximum Gasteiger partial charge on any atom is 0.164 e. The van der Waals surface area contributed by atoms with Gasteiger partial charge in [-0.3, -0.25) is 0 Å². The molecule has 1 aromatic carbocycles. The molecule has 0 saturated carbocycles. The fraction of sp³-hybridized carbons (Fsp3) is 0.600. The fourth-order valence-corrected chi connectivity index (χ4v) is 2.42. The molecule has 4 heteroatoms. The number of aliphatic hydroxyl groups excluding tert-OH is 1. The fourth-order valence-electron chi connectivity index (χ4n) is 2.42. The van der Waals surface area contributed by atoms with Crippen LogP contribution in [0.2, 0.25) is 0 Å². The molecule has 0 amide bonds. The highest BCUT2D eigenvalue weighted by Crippen LogP contribution is 2.36. The predicted octanol–water partition coefficient (Wildman–Crippen LogP) is 2.11. The Kier molecular flexibility index (Phi) is 4.26. The summed E-state index contributed by atoms with van der Waals surface area (Å²) in [4.78, 5) is 0. The molecule has 4 nitrogen and oxygen atoms in total. The van der Waals surface area contributed by atoms with Crippen LogP contribution in [-0.2, 0) is 20.8 Å². The summed E-state index contributed by atoms with van der Waals surface area (Å²) in [6.07, 6.45) is -0.363. The van der Waals surface area contributed by atoms with Crippen LogP contribution in [0.1, 0.15) is 26.3 Å². The van der Waals surface area contributed by atoms with E-state index in [9.17, 15) is 5.11 Å². The molecule has 2 atom stereocenters. The Balaban J connectivity index is 1.91. The minimum Gasteiger partial charge on any atom is -0.394 e. The minimum absolute atomic E-state index is 0.0748. The smallest absolute Gasteiger partial charge is 0.164 e. The van der Waals surface area contributed by atoms with Gasteiger partial charge in [0.1, 0.15) is 11.7 Å². The molecule has 0 aromatic heterocycles. The van der Waals surface area contributed by atoms with Gasteiger partial charge in [0, 0.05) is 0 Å². The van der Waals surface area contributed by atoms with Crippen LogP contribution in [0.4, 0.5) is 0 Å². The zero-order chi connectivity index (χ0) is 13.9. The molecule has 0 spiro atoms. The molecule has 106 valence electrons. The molecule has 1 aliphatic heterocycles. The third kappa shape index (κ3) is 3.54. The highest BCUT2D eigenvalue weighted by molar-refractivity contribution is 5.13. The largest absolute Gasteiger partial charge is 0.394 e. The van der Waals surface area contributed by atoms with Crippen molar-refractivity contribution >= 4 is 0 Å². The summed E-state index contributed by atoms with van der Waals surface area (Å²) in [5, 5.41) is 9.39. The van der Waals surface area contributed by atoms with Gasteiger partial charge in [-0.05, 0) is 26.3 Å². The first-order valence-electron chi connectivity index (χ1n) is 6.56. The summed E-state index contributed by atoms with van der Waals surface area (Å²) >= 11 is 0. The van der Waals surface area contributed by atoms with Crippen molar-refractivity contribution in [3.8, 4) is 0 Å². The lowest BCUT2D eigenvalue weighted by molar-refractivity contribution is -0.171. The number of benzene rings is 1. The van der Waals surface area contributed by atoms with E-state index in [0.29, 0.717) is 13.2 Å². The molecule has 1 saturated heterocycles. The number of ether oxygens (including phenoxy) is 3. The summed E-state index contributed by atoms with van der Waals surface area (Å²) in [5.41, 5.74) is 0.498. The zero-order valence-corrected chi connectivity index (χ0v) is 11.8. The normalized spacial score (nSPS) is 29.6. The SMILES string of the molecule is CC1(C)O[C@H](CO)[C@](C)(COCc2ccccc2)O1. The molecule has 1 fully saturated rings. The van der Waals surface area contributed by atoms with Gasteiger partial charge in [0.2, 0.25) is 0 Å². The Hall–Kier alpha value is -0.940. The lowest BCUT2D eigenvalue weighted by atomic mass is 10.0. The van der Waals surface area contributed by atoms with Crippen LogP contribution in [0.15, 0.2) is 30.3 Å². The van der Waals surface area contributed by atoms with E-state index in [1.54, 1.807) is 0 Å². The molecule has 19 heavy (non-hydrogen) atoms. The van der Waals surface area contributed by atoms with Gasteiger partial charge in [-0.25, -0.2) is 0 Å². The Morgan fingerprint density at radius 3 is 2.53 bits per heavy atom. The first-order chi connectivity index (χ1) is 8.95. The topological polar surface area (TPSA) is 47.9 Å². The number of hydrogen-bond donors (Lipinski definition) is 1. The van der Waals surface area contributed by atoms with Crippen molar-refractivity contribution in [3.63, 3.8) is 0 Å². The van der Waals surface area contributed by atoms with Crippen LogP contribution in [0, 0.1) is 0 Å². The van der Waals surface area contributed by atoms with Crippen molar-refractivity contribution in [2.24, 2.45) is 0 Å². The van der Waals surface area contributed by atoms with Gasteiger partial charge in [-0.15, -0.1) is 0 Å². The molecular weight excluding hydrogens is 244 g/mol. The lowest BCUT2D eigenvalue weighted by Crippen LogP contribution is -2.43. The van der Waals surface area contributed by atoms with Crippen LogP contribution in [-0.4, -0.2) is 35.8 Å². The third-order valence-corrected chi connectivity index (χ3v) is 3.25. The van der Waals surface area contributed by atoms with Crippen molar-refractivity contribution in [1.29, 1.82) is 0 Å². The van der Waals surface area contributed by atoms with Crippen LogP contribution in [0.3, 0.4) is 0 Å². The van der Waals surface area contributed by atoms with Crippen molar-refractivity contribution in [1.82, 2.24) is 0 Å². The van der Waals surface area contributed by atoms with Gasteiger partial charge in [0.05, 0.1) is 19.8 Å². The van der Waals surface area contributed by atoms with Crippen molar-refractivity contribution in [2.45, 2.75) is 44.9 Å². The van der Waals surface area contributed by atoms with E-state index >= 15 is 0 Å². The number of hydrogen-bond acceptors (Lipinski definition) is 4. The highest BCUT2D eigenvalue weighted by Gasteiger charge is 2.50. The summed E-state index contributed by atoms with van der Waals surface area (Å²) in [6.45, 7) is 6.44. The molecule has 0 unspecified atom stereocenters. The third-order valence-electron chi connectivity index (χ3n) is 3.25. The van der Waals surface area contributed by atoms with Crippen molar-refractivity contribution in [3.05, 3.63) is 35.9 Å². The van der Waals surface area contributed by atoms with Crippen molar-refractivity contribution in [2.75, 3.05) is 13.2 Å². The number of rotatable bonds is 5.